The number of piperazine rings is 1. The van der Waals surface area contributed by atoms with Crippen LogP contribution in [0.3, 0.4) is 0 Å². The molecule has 1 aliphatic carbocycles. The van der Waals surface area contributed by atoms with Crippen molar-refractivity contribution in [3.05, 3.63) is 22.4 Å². The molecule has 0 spiro atoms. The zero-order valence-electron chi connectivity index (χ0n) is 10.6. The predicted molar refractivity (Wildman–Crippen MR) is 73.8 cm³/mol. The van der Waals surface area contributed by atoms with Crippen molar-refractivity contribution in [2.45, 2.75) is 31.2 Å². The fraction of sp³-hybridized carbons (Fsp3) is 0.714. The summed E-state index contributed by atoms with van der Waals surface area (Å²) in [5, 5.41) is 2.22. The topological polar surface area (TPSA) is 6.48 Å². The molecule has 2 atom stereocenters. The van der Waals surface area contributed by atoms with Crippen molar-refractivity contribution in [1.82, 2.24) is 9.80 Å². The summed E-state index contributed by atoms with van der Waals surface area (Å²) < 4.78 is 0. The van der Waals surface area contributed by atoms with E-state index >= 15 is 0 Å². The van der Waals surface area contributed by atoms with Gasteiger partial charge in [-0.1, -0.05) is 6.07 Å². The van der Waals surface area contributed by atoms with Crippen LogP contribution in [0.5, 0.6) is 0 Å². The van der Waals surface area contributed by atoms with E-state index in [1.165, 1.54) is 45.4 Å². The Kier molecular flexibility index (Phi) is 3.50. The molecule has 17 heavy (non-hydrogen) atoms. The molecule has 2 fully saturated rings. The molecule has 2 unspecified atom stereocenters. The maximum atomic E-state index is 2.73. The summed E-state index contributed by atoms with van der Waals surface area (Å²) >= 11 is 1.94. The van der Waals surface area contributed by atoms with Crippen LogP contribution in [0.25, 0.3) is 0 Å². The van der Waals surface area contributed by atoms with E-state index in [2.05, 4.69) is 34.4 Å². The minimum absolute atomic E-state index is 0.847. The highest BCUT2D eigenvalue weighted by Gasteiger charge is 2.31. The van der Waals surface area contributed by atoms with E-state index in [1.54, 1.807) is 4.88 Å². The molecule has 0 N–H and O–H groups in total. The van der Waals surface area contributed by atoms with Gasteiger partial charge in [-0.25, -0.2) is 0 Å². The average Bonchev–Trinajstić information content (AvgIpc) is 3.00. The first-order valence-corrected chi connectivity index (χ1v) is 7.67. The maximum Gasteiger partial charge on any atom is 0.0113 e. The van der Waals surface area contributed by atoms with Gasteiger partial charge in [0.25, 0.3) is 0 Å². The second kappa shape index (κ2) is 5.09. The number of likely N-dealkylation sites (N-methyl/N-ethyl adjacent to an activating group) is 1. The molecule has 1 saturated heterocycles. The Balaban J connectivity index is 1.57. The fourth-order valence-corrected chi connectivity index (χ4v) is 4.14. The Morgan fingerprint density at radius 2 is 2.00 bits per heavy atom. The smallest absolute Gasteiger partial charge is 0.0113 e. The normalized spacial score (nSPS) is 32.1. The Morgan fingerprint density at radius 3 is 2.71 bits per heavy atom. The Bertz CT molecular complexity index is 341. The van der Waals surface area contributed by atoms with Gasteiger partial charge >= 0.3 is 0 Å². The second-order valence-corrected chi connectivity index (χ2v) is 6.50. The van der Waals surface area contributed by atoms with Gasteiger partial charge in [0.2, 0.25) is 0 Å². The van der Waals surface area contributed by atoms with Gasteiger partial charge in [0.05, 0.1) is 0 Å². The molecule has 3 heteroatoms. The van der Waals surface area contributed by atoms with Gasteiger partial charge in [0, 0.05) is 37.1 Å². The highest BCUT2D eigenvalue weighted by Crippen LogP contribution is 2.38. The summed E-state index contributed by atoms with van der Waals surface area (Å²) in [5.74, 6) is 0.847. The van der Waals surface area contributed by atoms with Crippen molar-refractivity contribution < 1.29 is 0 Å². The molecule has 2 aliphatic rings. The van der Waals surface area contributed by atoms with E-state index < -0.39 is 0 Å². The quantitative estimate of drug-likeness (QED) is 0.796. The summed E-state index contributed by atoms with van der Waals surface area (Å²) in [6.07, 6.45) is 4.20. The van der Waals surface area contributed by atoms with E-state index in [0.717, 1.165) is 12.0 Å². The van der Waals surface area contributed by atoms with Crippen LogP contribution in [-0.4, -0.2) is 49.1 Å². The van der Waals surface area contributed by atoms with Gasteiger partial charge in [-0.15, -0.1) is 11.3 Å². The molecular formula is C14H22N2S. The monoisotopic (exact) mass is 250 g/mol. The summed E-state index contributed by atoms with van der Waals surface area (Å²) in [6.45, 7) is 5.05. The van der Waals surface area contributed by atoms with Gasteiger partial charge in [0.15, 0.2) is 0 Å². The zero-order valence-corrected chi connectivity index (χ0v) is 11.5. The minimum Gasteiger partial charge on any atom is -0.304 e. The minimum atomic E-state index is 0.847. The van der Waals surface area contributed by atoms with E-state index in [4.69, 9.17) is 0 Å². The third kappa shape index (κ3) is 2.56. The highest BCUT2D eigenvalue weighted by molar-refractivity contribution is 7.10. The van der Waals surface area contributed by atoms with Crippen LogP contribution in [0.4, 0.5) is 0 Å². The summed E-state index contributed by atoms with van der Waals surface area (Å²) in [5.41, 5.74) is 0. The van der Waals surface area contributed by atoms with Crippen LogP contribution in [0.2, 0.25) is 0 Å². The number of thiophene rings is 1. The van der Waals surface area contributed by atoms with Gasteiger partial charge < -0.3 is 4.90 Å². The maximum absolute atomic E-state index is 2.73. The molecule has 94 valence electrons. The van der Waals surface area contributed by atoms with Gasteiger partial charge in [-0.2, -0.15) is 0 Å². The number of rotatable bonds is 2. The zero-order chi connectivity index (χ0) is 11.7. The van der Waals surface area contributed by atoms with Crippen molar-refractivity contribution in [2.24, 2.45) is 0 Å². The molecule has 0 aromatic carbocycles. The fourth-order valence-electron chi connectivity index (χ4n) is 3.26. The lowest BCUT2D eigenvalue weighted by Crippen LogP contribution is -2.48. The van der Waals surface area contributed by atoms with Gasteiger partial charge in [-0.05, 0) is 43.7 Å². The average molecular weight is 250 g/mol. The van der Waals surface area contributed by atoms with E-state index in [9.17, 15) is 0 Å². The van der Waals surface area contributed by atoms with E-state index in [-0.39, 0.29) is 0 Å². The molecule has 2 heterocycles. The molecule has 3 rings (SSSR count). The highest BCUT2D eigenvalue weighted by atomic mass is 32.1. The molecule has 0 radical (unpaired) electrons. The lowest BCUT2D eigenvalue weighted by Gasteiger charge is -2.36. The molecule has 1 aliphatic heterocycles. The van der Waals surface area contributed by atoms with Crippen LogP contribution in [0, 0.1) is 0 Å². The Labute approximate surface area is 108 Å². The van der Waals surface area contributed by atoms with Crippen LogP contribution in [-0.2, 0) is 0 Å². The molecule has 0 bridgehead atoms. The van der Waals surface area contributed by atoms with Crippen LogP contribution >= 0.6 is 11.3 Å². The first kappa shape index (κ1) is 11.7. The lowest BCUT2D eigenvalue weighted by molar-refractivity contribution is 0.113. The molecule has 2 nitrogen and oxygen atoms in total. The molecule has 1 aromatic heterocycles. The molecule has 1 aromatic rings. The van der Waals surface area contributed by atoms with Crippen molar-refractivity contribution >= 4 is 11.3 Å². The molecule has 0 amide bonds. The second-order valence-electron chi connectivity index (χ2n) is 5.52. The third-order valence-corrected chi connectivity index (χ3v) is 5.44. The predicted octanol–water partition coefficient (Wildman–Crippen LogP) is 2.63. The molecule has 1 saturated carbocycles. The third-order valence-electron chi connectivity index (χ3n) is 4.40. The Hall–Kier alpha value is -0.380. The van der Waals surface area contributed by atoms with Gasteiger partial charge in [-0.3, -0.25) is 4.90 Å². The first-order valence-electron chi connectivity index (χ1n) is 6.79. The Morgan fingerprint density at radius 1 is 1.18 bits per heavy atom. The first-order chi connectivity index (χ1) is 8.33. The van der Waals surface area contributed by atoms with Crippen molar-refractivity contribution in [1.29, 1.82) is 0 Å². The van der Waals surface area contributed by atoms with E-state index in [1.807, 2.05) is 11.3 Å². The summed E-state index contributed by atoms with van der Waals surface area (Å²) in [6, 6.07) is 5.38. The SMILES string of the molecule is CN1CCN(C2CCC(c3cccs3)C2)CC1. The number of hydrogen-bond acceptors (Lipinski definition) is 3. The summed E-state index contributed by atoms with van der Waals surface area (Å²) in [4.78, 5) is 6.79. The van der Waals surface area contributed by atoms with Crippen molar-refractivity contribution in [3.63, 3.8) is 0 Å². The van der Waals surface area contributed by atoms with Gasteiger partial charge in [0.1, 0.15) is 0 Å². The lowest BCUT2D eigenvalue weighted by atomic mass is 10.1. The van der Waals surface area contributed by atoms with Crippen LogP contribution < -0.4 is 0 Å². The van der Waals surface area contributed by atoms with Crippen LogP contribution in [0.15, 0.2) is 17.5 Å². The number of nitrogens with zero attached hydrogens (tertiary/aromatic N) is 2. The summed E-state index contributed by atoms with van der Waals surface area (Å²) in [7, 11) is 2.24. The molecular weight excluding hydrogens is 228 g/mol. The standard InChI is InChI=1S/C14H22N2S/c1-15-6-8-16(9-7-15)13-5-4-12(11-13)14-3-2-10-17-14/h2-3,10,12-13H,4-9,11H2,1H3. The number of hydrogen-bond donors (Lipinski definition) is 0. The van der Waals surface area contributed by atoms with Crippen LogP contribution in [0.1, 0.15) is 30.1 Å². The largest absolute Gasteiger partial charge is 0.304 e. The van der Waals surface area contributed by atoms with Crippen molar-refractivity contribution in [2.75, 3.05) is 33.2 Å². The van der Waals surface area contributed by atoms with E-state index in [0.29, 0.717) is 0 Å². The van der Waals surface area contributed by atoms with Crippen molar-refractivity contribution in [3.8, 4) is 0 Å².